The van der Waals surface area contributed by atoms with Crippen LogP contribution in [0.4, 0.5) is 5.69 Å². The lowest BCUT2D eigenvalue weighted by atomic mass is 10.0. The Kier molecular flexibility index (Phi) is 7.02. The quantitative estimate of drug-likeness (QED) is 0.375. The van der Waals surface area contributed by atoms with Gasteiger partial charge in [-0.2, -0.15) is 0 Å². The molecule has 176 valence electrons. The molecule has 1 N–H and O–H groups in total. The fourth-order valence-corrected chi connectivity index (χ4v) is 4.47. The van der Waals surface area contributed by atoms with Gasteiger partial charge in [-0.25, -0.2) is 0 Å². The average Bonchev–Trinajstić information content (AvgIpc) is 3.26. The summed E-state index contributed by atoms with van der Waals surface area (Å²) in [5.41, 5.74) is 2.51. The van der Waals surface area contributed by atoms with Gasteiger partial charge in [0.2, 0.25) is 11.6 Å². The fourth-order valence-electron chi connectivity index (χ4n) is 3.53. The van der Waals surface area contributed by atoms with Crippen molar-refractivity contribution in [2.75, 3.05) is 12.4 Å². The highest BCUT2D eigenvalue weighted by Gasteiger charge is 2.22. The summed E-state index contributed by atoms with van der Waals surface area (Å²) in [5, 5.41) is 11.4. The molecule has 0 aliphatic carbocycles. The van der Waals surface area contributed by atoms with Gasteiger partial charge in [-0.3, -0.25) is 18.6 Å². The molecule has 4 aromatic rings. The van der Waals surface area contributed by atoms with Crippen molar-refractivity contribution >= 4 is 29.0 Å². The zero-order valence-electron chi connectivity index (χ0n) is 19.6. The van der Waals surface area contributed by atoms with Crippen LogP contribution in [0.25, 0.3) is 11.3 Å². The van der Waals surface area contributed by atoms with Crippen LogP contribution in [0.5, 0.6) is 5.75 Å². The van der Waals surface area contributed by atoms with E-state index < -0.39 is 5.25 Å². The van der Waals surface area contributed by atoms with Crippen LogP contribution in [0, 0.1) is 0 Å². The van der Waals surface area contributed by atoms with E-state index >= 15 is 0 Å². The topological polar surface area (TPSA) is 90.5 Å². The molecule has 1 unspecified atom stereocenters. The molecule has 0 fully saturated rings. The molecule has 9 heteroatoms. The third kappa shape index (κ3) is 4.84. The highest BCUT2D eigenvalue weighted by atomic mass is 32.2. The summed E-state index contributed by atoms with van der Waals surface area (Å²) in [6, 6.07) is 15.1. The number of nitrogens with zero attached hydrogens (tertiary/aromatic N) is 4. The summed E-state index contributed by atoms with van der Waals surface area (Å²) in [6.07, 6.45) is 3.99. The van der Waals surface area contributed by atoms with Crippen molar-refractivity contribution in [1.29, 1.82) is 0 Å². The predicted molar refractivity (Wildman–Crippen MR) is 134 cm³/mol. The first-order valence-electron chi connectivity index (χ1n) is 11.1. The molecule has 2 aromatic heterocycles. The molecule has 2 aromatic carbocycles. The molecule has 1 atom stereocenters. The number of rotatable bonds is 8. The summed E-state index contributed by atoms with van der Waals surface area (Å²) in [6.45, 7) is 6.20. The minimum Gasteiger partial charge on any atom is -0.497 e. The maximum Gasteiger partial charge on any atom is 0.300 e. The largest absolute Gasteiger partial charge is 0.497 e. The number of thioether (sulfide) groups is 1. The number of anilines is 1. The van der Waals surface area contributed by atoms with E-state index in [9.17, 15) is 9.59 Å². The fraction of sp³-hybridized carbons (Fsp3) is 0.280. The second-order valence-corrected chi connectivity index (χ2v) is 9.30. The number of amides is 1. The molecule has 0 spiro atoms. The summed E-state index contributed by atoms with van der Waals surface area (Å²) < 4.78 is 8.37. The molecule has 0 aliphatic heterocycles. The molecule has 4 rings (SSSR count). The smallest absolute Gasteiger partial charge is 0.300 e. The molecule has 0 bridgehead atoms. The highest BCUT2D eigenvalue weighted by molar-refractivity contribution is 8.00. The van der Waals surface area contributed by atoms with Gasteiger partial charge < -0.3 is 10.1 Å². The third-order valence-electron chi connectivity index (χ3n) is 5.53. The second-order valence-electron chi connectivity index (χ2n) is 8.13. The van der Waals surface area contributed by atoms with Gasteiger partial charge in [0.05, 0.1) is 18.0 Å². The number of nitrogens with one attached hydrogen (secondary N) is 1. The van der Waals surface area contributed by atoms with Gasteiger partial charge in [-0.15, -0.1) is 10.2 Å². The van der Waals surface area contributed by atoms with Crippen LogP contribution in [0.3, 0.4) is 0 Å². The summed E-state index contributed by atoms with van der Waals surface area (Å²) >= 11 is 1.29. The number of ether oxygens (including phenoxy) is 1. The van der Waals surface area contributed by atoms with Gasteiger partial charge in [0.25, 0.3) is 0 Å². The molecule has 1 amide bonds. The number of methoxy groups -OCH3 is 1. The van der Waals surface area contributed by atoms with E-state index in [2.05, 4.69) is 29.4 Å². The maximum absolute atomic E-state index is 13.1. The zero-order valence-corrected chi connectivity index (χ0v) is 20.4. The molecule has 0 saturated heterocycles. The molecule has 0 radical (unpaired) electrons. The molecular weight excluding hydrogens is 450 g/mol. The van der Waals surface area contributed by atoms with E-state index in [1.807, 2.05) is 49.4 Å². The normalized spacial score (nSPS) is 12.1. The number of aromatic nitrogens is 4. The number of hydrogen-bond acceptors (Lipinski definition) is 6. The van der Waals surface area contributed by atoms with Crippen molar-refractivity contribution in [2.45, 2.75) is 43.5 Å². The van der Waals surface area contributed by atoms with E-state index in [4.69, 9.17) is 4.74 Å². The summed E-state index contributed by atoms with van der Waals surface area (Å²) in [4.78, 5) is 26.0. The lowest BCUT2D eigenvalue weighted by Gasteiger charge is -2.14. The van der Waals surface area contributed by atoms with Gasteiger partial charge in [0, 0.05) is 24.1 Å². The van der Waals surface area contributed by atoms with E-state index in [1.54, 1.807) is 30.0 Å². The Labute approximate surface area is 202 Å². The van der Waals surface area contributed by atoms with Crippen molar-refractivity contribution in [3.05, 3.63) is 76.8 Å². The Morgan fingerprint density at radius 3 is 2.56 bits per heavy atom. The summed E-state index contributed by atoms with van der Waals surface area (Å²) in [7, 11) is 1.58. The van der Waals surface area contributed by atoms with Crippen LogP contribution in [0.2, 0.25) is 0 Å². The Morgan fingerprint density at radius 1 is 1.12 bits per heavy atom. The van der Waals surface area contributed by atoms with Crippen molar-refractivity contribution in [3.8, 4) is 11.4 Å². The van der Waals surface area contributed by atoms with Gasteiger partial charge in [0.15, 0.2) is 5.16 Å². The minimum atomic E-state index is -0.391. The van der Waals surface area contributed by atoms with Gasteiger partial charge in [-0.05, 0) is 42.2 Å². The molecule has 8 nitrogen and oxygen atoms in total. The van der Waals surface area contributed by atoms with E-state index in [-0.39, 0.29) is 17.1 Å². The van der Waals surface area contributed by atoms with Crippen LogP contribution in [0.15, 0.2) is 70.9 Å². The number of fused-ring (bicyclic) bond motifs is 1. The standard InChI is InChI=1S/C25H27N5O3S/c1-5-21(23(31)26-18-11-9-17(10-12-18)16(2)3)34-25-28-27-22-24(32)29(13-14-30(22)25)19-7-6-8-20(15-19)33-4/h6-16,21H,5H2,1-4H3,(H,26,31). The van der Waals surface area contributed by atoms with Crippen molar-refractivity contribution in [3.63, 3.8) is 0 Å². The van der Waals surface area contributed by atoms with Crippen LogP contribution in [-0.4, -0.2) is 37.4 Å². The first kappa shape index (κ1) is 23.6. The maximum atomic E-state index is 13.1. The molecule has 34 heavy (non-hydrogen) atoms. The highest BCUT2D eigenvalue weighted by Crippen LogP contribution is 2.26. The Hall–Kier alpha value is -3.59. The predicted octanol–water partition coefficient (Wildman–Crippen LogP) is 4.52. The van der Waals surface area contributed by atoms with Crippen molar-refractivity contribution < 1.29 is 9.53 Å². The number of hydrogen-bond donors (Lipinski definition) is 1. The van der Waals surface area contributed by atoms with Crippen molar-refractivity contribution in [2.24, 2.45) is 0 Å². The second kappa shape index (κ2) is 10.1. The van der Waals surface area contributed by atoms with Crippen LogP contribution >= 0.6 is 11.8 Å². The molecule has 0 saturated carbocycles. The van der Waals surface area contributed by atoms with E-state index in [0.717, 1.165) is 5.69 Å². The SMILES string of the molecule is CCC(Sc1nnc2c(=O)n(-c3cccc(OC)c3)ccn12)C(=O)Nc1ccc(C(C)C)cc1. The third-order valence-corrected chi connectivity index (χ3v) is 6.85. The van der Waals surface area contributed by atoms with Gasteiger partial charge in [0.1, 0.15) is 5.75 Å². The first-order chi connectivity index (χ1) is 16.4. The molecular formula is C25H27N5O3S. The van der Waals surface area contributed by atoms with Crippen LogP contribution in [-0.2, 0) is 4.79 Å². The number of carbonyl (C=O) groups is 1. The van der Waals surface area contributed by atoms with E-state index in [1.165, 1.54) is 21.9 Å². The Balaban J connectivity index is 1.55. The van der Waals surface area contributed by atoms with Crippen LogP contribution < -0.4 is 15.6 Å². The lowest BCUT2D eigenvalue weighted by Crippen LogP contribution is -2.25. The van der Waals surface area contributed by atoms with Gasteiger partial charge in [-0.1, -0.05) is 50.7 Å². The first-order valence-corrected chi connectivity index (χ1v) is 12.0. The Morgan fingerprint density at radius 2 is 1.88 bits per heavy atom. The number of benzene rings is 2. The molecule has 2 heterocycles. The minimum absolute atomic E-state index is 0.119. The van der Waals surface area contributed by atoms with Crippen molar-refractivity contribution in [1.82, 2.24) is 19.2 Å². The monoisotopic (exact) mass is 477 g/mol. The zero-order chi connectivity index (χ0) is 24.2. The van der Waals surface area contributed by atoms with E-state index in [0.29, 0.717) is 28.9 Å². The summed E-state index contributed by atoms with van der Waals surface area (Å²) in [5.74, 6) is 0.960. The average molecular weight is 478 g/mol. The Bertz CT molecular complexity index is 1360. The van der Waals surface area contributed by atoms with Crippen LogP contribution in [0.1, 0.15) is 38.7 Å². The molecule has 0 aliphatic rings. The number of carbonyl (C=O) groups excluding carboxylic acids is 1. The lowest BCUT2D eigenvalue weighted by molar-refractivity contribution is -0.115. The van der Waals surface area contributed by atoms with Gasteiger partial charge >= 0.3 is 5.56 Å².